The van der Waals surface area contributed by atoms with Crippen molar-refractivity contribution < 1.29 is 14.6 Å². The Hall–Kier alpha value is -3.01. The average Bonchev–Trinajstić information content (AvgIpc) is 2.57. The average molecular weight is 293 g/mol. The van der Waals surface area contributed by atoms with Crippen molar-refractivity contribution in [1.29, 1.82) is 0 Å². The van der Waals surface area contributed by atoms with Gasteiger partial charge in [0.15, 0.2) is 11.5 Å². The Labute approximate surface area is 128 Å². The molecule has 3 aromatic carbocycles. The minimum atomic E-state index is -0.558. The minimum Gasteiger partial charge on any atom is -0.504 e. The van der Waals surface area contributed by atoms with E-state index in [9.17, 15) is 9.90 Å². The van der Waals surface area contributed by atoms with Crippen LogP contribution in [0.25, 0.3) is 10.8 Å². The summed E-state index contributed by atoms with van der Waals surface area (Å²) in [5.74, 6) is 0.111. The van der Waals surface area contributed by atoms with Gasteiger partial charge in [0.05, 0.1) is 0 Å². The van der Waals surface area contributed by atoms with Crippen LogP contribution < -0.4 is 9.64 Å². The van der Waals surface area contributed by atoms with Crippen molar-refractivity contribution in [2.45, 2.75) is 0 Å². The maximum atomic E-state index is 12.3. The van der Waals surface area contributed by atoms with Crippen LogP contribution in [0.3, 0.4) is 0 Å². The maximum absolute atomic E-state index is 12.3. The first kappa shape index (κ1) is 13.9. The molecule has 4 nitrogen and oxygen atoms in total. The van der Waals surface area contributed by atoms with Gasteiger partial charge in [-0.15, -0.1) is 0 Å². The molecule has 0 saturated heterocycles. The van der Waals surface area contributed by atoms with Gasteiger partial charge in [-0.2, -0.15) is 0 Å². The number of benzene rings is 3. The number of hydrogen-bond donors (Lipinski definition) is 1. The summed E-state index contributed by atoms with van der Waals surface area (Å²) < 4.78 is 5.41. The lowest BCUT2D eigenvalue weighted by molar-refractivity contribution is 0.208. The van der Waals surface area contributed by atoms with Gasteiger partial charge in [-0.3, -0.25) is 4.90 Å². The number of carbonyl (C=O) groups excluding carboxylic acids is 1. The molecular weight excluding hydrogens is 278 g/mol. The molecule has 0 heterocycles. The van der Waals surface area contributed by atoms with Crippen molar-refractivity contribution in [3.8, 4) is 11.5 Å². The van der Waals surface area contributed by atoms with Gasteiger partial charge in [0.1, 0.15) is 0 Å². The standard InChI is InChI=1S/C18H15NO3/c1-19(14-8-3-2-4-9-14)18(21)22-17-15-10-6-5-7-13(15)11-12-16(17)20/h2-12,20H,1H3. The fraction of sp³-hybridized carbons (Fsp3) is 0.0556. The Balaban J connectivity index is 1.93. The number of para-hydroxylation sites is 1. The molecular formula is C18H15NO3. The highest BCUT2D eigenvalue weighted by molar-refractivity contribution is 5.95. The fourth-order valence-corrected chi connectivity index (χ4v) is 2.25. The molecule has 1 amide bonds. The normalized spacial score (nSPS) is 10.4. The summed E-state index contributed by atoms with van der Waals surface area (Å²) in [5.41, 5.74) is 0.715. The lowest BCUT2D eigenvalue weighted by Crippen LogP contribution is -2.29. The Morgan fingerprint density at radius 2 is 1.64 bits per heavy atom. The largest absolute Gasteiger partial charge is 0.504 e. The molecule has 0 aliphatic heterocycles. The highest BCUT2D eigenvalue weighted by Crippen LogP contribution is 2.35. The van der Waals surface area contributed by atoms with Crippen LogP contribution in [-0.4, -0.2) is 18.2 Å². The van der Waals surface area contributed by atoms with Crippen molar-refractivity contribution >= 4 is 22.6 Å². The van der Waals surface area contributed by atoms with E-state index in [1.807, 2.05) is 48.5 Å². The minimum absolute atomic E-state index is 0.0616. The first-order valence-electron chi connectivity index (χ1n) is 6.88. The predicted octanol–water partition coefficient (Wildman–Crippen LogP) is 4.18. The van der Waals surface area contributed by atoms with Crippen LogP contribution in [0.5, 0.6) is 11.5 Å². The van der Waals surface area contributed by atoms with Gasteiger partial charge in [-0.25, -0.2) is 4.79 Å². The Morgan fingerprint density at radius 3 is 2.41 bits per heavy atom. The number of ether oxygens (including phenoxy) is 1. The van der Waals surface area contributed by atoms with E-state index in [0.717, 1.165) is 5.39 Å². The number of carbonyl (C=O) groups is 1. The van der Waals surface area contributed by atoms with Gasteiger partial charge < -0.3 is 9.84 Å². The zero-order chi connectivity index (χ0) is 15.5. The number of phenolic OH excluding ortho intramolecular Hbond substituents is 1. The number of hydrogen-bond acceptors (Lipinski definition) is 3. The van der Waals surface area contributed by atoms with Gasteiger partial charge in [0.25, 0.3) is 0 Å². The second-order valence-electron chi connectivity index (χ2n) is 4.90. The summed E-state index contributed by atoms with van der Waals surface area (Å²) in [6, 6.07) is 19.9. The van der Waals surface area contributed by atoms with Crippen LogP contribution in [0.15, 0.2) is 66.7 Å². The molecule has 0 atom stereocenters. The quantitative estimate of drug-likeness (QED) is 0.771. The van der Waals surface area contributed by atoms with Crippen molar-refractivity contribution in [1.82, 2.24) is 0 Å². The van der Waals surface area contributed by atoms with Crippen LogP contribution >= 0.6 is 0 Å². The molecule has 0 bridgehead atoms. The summed E-state index contributed by atoms with van der Waals surface area (Å²) in [7, 11) is 1.62. The second kappa shape index (κ2) is 5.77. The first-order valence-corrected chi connectivity index (χ1v) is 6.88. The predicted molar refractivity (Wildman–Crippen MR) is 86.5 cm³/mol. The van der Waals surface area contributed by atoms with Crippen LogP contribution in [-0.2, 0) is 0 Å². The summed E-state index contributed by atoms with van der Waals surface area (Å²) in [5, 5.41) is 11.6. The monoisotopic (exact) mass is 293 g/mol. The van der Waals surface area contributed by atoms with E-state index in [1.54, 1.807) is 19.2 Å². The van der Waals surface area contributed by atoms with Gasteiger partial charge in [0, 0.05) is 18.1 Å². The molecule has 0 saturated carbocycles. The topological polar surface area (TPSA) is 49.8 Å². The van der Waals surface area contributed by atoms with Crippen molar-refractivity contribution in [2.24, 2.45) is 0 Å². The Kier molecular flexibility index (Phi) is 3.66. The molecule has 4 heteroatoms. The van der Waals surface area contributed by atoms with Crippen LogP contribution in [0.4, 0.5) is 10.5 Å². The molecule has 0 fully saturated rings. The molecule has 0 radical (unpaired) electrons. The number of phenols is 1. The Bertz CT molecular complexity index is 815. The number of nitrogens with zero attached hydrogens (tertiary/aromatic N) is 1. The number of amides is 1. The van der Waals surface area contributed by atoms with Crippen LogP contribution in [0, 0.1) is 0 Å². The maximum Gasteiger partial charge on any atom is 0.419 e. The van der Waals surface area contributed by atoms with E-state index in [2.05, 4.69) is 0 Å². The number of aromatic hydroxyl groups is 1. The third-order valence-corrected chi connectivity index (χ3v) is 3.47. The third kappa shape index (κ3) is 2.59. The molecule has 3 aromatic rings. The number of anilines is 1. The molecule has 110 valence electrons. The van der Waals surface area contributed by atoms with Crippen LogP contribution in [0.2, 0.25) is 0 Å². The summed E-state index contributed by atoms with van der Waals surface area (Å²) >= 11 is 0. The smallest absolute Gasteiger partial charge is 0.419 e. The van der Waals surface area contributed by atoms with Gasteiger partial charge in [0.2, 0.25) is 0 Å². The van der Waals surface area contributed by atoms with Crippen molar-refractivity contribution in [2.75, 3.05) is 11.9 Å². The molecule has 22 heavy (non-hydrogen) atoms. The fourth-order valence-electron chi connectivity index (χ4n) is 2.25. The molecule has 1 N–H and O–H groups in total. The zero-order valence-corrected chi connectivity index (χ0v) is 12.1. The molecule has 0 aromatic heterocycles. The van der Waals surface area contributed by atoms with E-state index >= 15 is 0 Å². The second-order valence-corrected chi connectivity index (χ2v) is 4.90. The van der Waals surface area contributed by atoms with Crippen molar-refractivity contribution in [3.05, 3.63) is 66.7 Å². The third-order valence-electron chi connectivity index (χ3n) is 3.47. The highest BCUT2D eigenvalue weighted by Gasteiger charge is 2.17. The first-order chi connectivity index (χ1) is 10.7. The van der Waals surface area contributed by atoms with E-state index in [-0.39, 0.29) is 11.5 Å². The number of rotatable bonds is 2. The Morgan fingerprint density at radius 1 is 0.955 bits per heavy atom. The summed E-state index contributed by atoms with van der Waals surface area (Å²) in [6.45, 7) is 0. The van der Waals surface area contributed by atoms with E-state index in [1.165, 1.54) is 11.0 Å². The van der Waals surface area contributed by atoms with Gasteiger partial charge in [-0.05, 0) is 23.6 Å². The lowest BCUT2D eigenvalue weighted by atomic mass is 10.1. The van der Waals surface area contributed by atoms with Crippen LogP contribution in [0.1, 0.15) is 0 Å². The molecule has 0 aliphatic carbocycles. The van der Waals surface area contributed by atoms with Gasteiger partial charge >= 0.3 is 6.09 Å². The summed E-state index contributed by atoms with van der Waals surface area (Å²) in [4.78, 5) is 13.7. The molecule has 0 spiro atoms. The molecule has 0 unspecified atom stereocenters. The molecule has 0 aliphatic rings. The van der Waals surface area contributed by atoms with E-state index < -0.39 is 6.09 Å². The zero-order valence-electron chi connectivity index (χ0n) is 12.1. The molecule has 3 rings (SSSR count). The van der Waals surface area contributed by atoms with Gasteiger partial charge in [-0.1, -0.05) is 48.5 Å². The van der Waals surface area contributed by atoms with E-state index in [0.29, 0.717) is 11.1 Å². The lowest BCUT2D eigenvalue weighted by Gasteiger charge is -2.18. The number of fused-ring (bicyclic) bond motifs is 1. The summed E-state index contributed by atoms with van der Waals surface area (Å²) in [6.07, 6.45) is -0.558. The SMILES string of the molecule is CN(C(=O)Oc1c(O)ccc2ccccc12)c1ccccc1. The van der Waals surface area contributed by atoms with Crippen molar-refractivity contribution in [3.63, 3.8) is 0 Å². The highest BCUT2D eigenvalue weighted by atomic mass is 16.6. The van der Waals surface area contributed by atoms with E-state index in [4.69, 9.17) is 4.74 Å².